The molecule has 0 fully saturated rings. The summed E-state index contributed by atoms with van der Waals surface area (Å²) in [6.45, 7) is 4.29. The van der Waals surface area contributed by atoms with E-state index in [0.29, 0.717) is 11.3 Å². The van der Waals surface area contributed by atoms with Gasteiger partial charge in [-0.25, -0.2) is 4.98 Å². The van der Waals surface area contributed by atoms with Crippen LogP contribution in [0.5, 0.6) is 0 Å². The van der Waals surface area contributed by atoms with Gasteiger partial charge in [-0.05, 0) is 37.3 Å². The van der Waals surface area contributed by atoms with Crippen LogP contribution in [0.3, 0.4) is 0 Å². The number of rotatable bonds is 5. The van der Waals surface area contributed by atoms with Crippen LogP contribution in [0.2, 0.25) is 5.28 Å². The number of nitrogens with zero attached hydrogens (tertiary/aromatic N) is 3. The summed E-state index contributed by atoms with van der Waals surface area (Å²) in [5.41, 5.74) is 0. The van der Waals surface area contributed by atoms with Crippen molar-refractivity contribution in [3.8, 4) is 0 Å². The molecule has 3 nitrogen and oxygen atoms in total. The van der Waals surface area contributed by atoms with Gasteiger partial charge in [-0.1, -0.05) is 6.92 Å². The number of halogens is 1. The lowest BCUT2D eigenvalue weighted by molar-refractivity contribution is 0.668. The number of aryl methyl sites for hydroxylation is 1. The monoisotopic (exact) mass is 315 g/mol. The summed E-state index contributed by atoms with van der Waals surface area (Å²) in [6, 6.07) is 2.61. The minimum Gasteiger partial charge on any atom is -0.355 e. The van der Waals surface area contributed by atoms with Gasteiger partial charge in [0.25, 0.3) is 0 Å². The molecule has 104 valence electrons. The molecule has 0 aliphatic rings. The standard InChI is InChI=1S/C13H18ClN3S2/c1-5-9(7-18-4)17(3)11-10-6-8(2)19-12(10)16-13(14)15-11/h6,9H,5,7H2,1-4H3. The SMILES string of the molecule is CCC(CSC)N(C)c1nc(Cl)nc2sc(C)cc12. The molecular formula is C13H18ClN3S2. The van der Waals surface area contributed by atoms with E-state index in [1.165, 1.54) is 4.88 Å². The Kier molecular flexibility index (Phi) is 4.92. The highest BCUT2D eigenvalue weighted by atomic mass is 35.5. The van der Waals surface area contributed by atoms with Crippen LogP contribution in [0.25, 0.3) is 10.2 Å². The molecule has 0 bridgehead atoms. The van der Waals surface area contributed by atoms with Crippen LogP contribution >= 0.6 is 34.7 Å². The van der Waals surface area contributed by atoms with Gasteiger partial charge in [0.15, 0.2) is 0 Å². The number of hydrogen-bond acceptors (Lipinski definition) is 5. The van der Waals surface area contributed by atoms with E-state index in [0.717, 1.165) is 28.2 Å². The molecule has 0 N–H and O–H groups in total. The molecule has 2 aromatic heterocycles. The van der Waals surface area contributed by atoms with Gasteiger partial charge in [-0.2, -0.15) is 16.7 Å². The second-order valence-corrected chi connectivity index (χ2v) is 7.00. The molecule has 0 aromatic carbocycles. The van der Waals surface area contributed by atoms with Gasteiger partial charge < -0.3 is 4.90 Å². The molecular weight excluding hydrogens is 298 g/mol. The molecule has 0 aliphatic carbocycles. The molecule has 0 spiro atoms. The van der Waals surface area contributed by atoms with Crippen LogP contribution in [0.15, 0.2) is 6.07 Å². The lowest BCUT2D eigenvalue weighted by Crippen LogP contribution is -2.34. The molecule has 2 heterocycles. The highest BCUT2D eigenvalue weighted by Crippen LogP contribution is 2.32. The Labute approximate surface area is 127 Å². The number of anilines is 1. The quantitative estimate of drug-likeness (QED) is 0.772. The Morgan fingerprint density at radius 1 is 1.47 bits per heavy atom. The Morgan fingerprint density at radius 2 is 2.21 bits per heavy atom. The van der Waals surface area contributed by atoms with Crippen LogP contribution in [0.4, 0.5) is 5.82 Å². The maximum atomic E-state index is 6.05. The summed E-state index contributed by atoms with van der Waals surface area (Å²) < 4.78 is 0. The molecule has 0 amide bonds. The summed E-state index contributed by atoms with van der Waals surface area (Å²) in [6.07, 6.45) is 3.22. The number of fused-ring (bicyclic) bond motifs is 1. The minimum atomic E-state index is 0.329. The number of hydrogen-bond donors (Lipinski definition) is 0. The Hall–Kier alpha value is -0.520. The summed E-state index contributed by atoms with van der Waals surface area (Å²) in [4.78, 5) is 13.2. The topological polar surface area (TPSA) is 29.0 Å². The molecule has 0 radical (unpaired) electrons. The summed E-state index contributed by atoms with van der Waals surface area (Å²) in [5, 5.41) is 1.43. The summed E-state index contributed by atoms with van der Waals surface area (Å²) >= 11 is 9.57. The maximum absolute atomic E-state index is 6.05. The van der Waals surface area contributed by atoms with Gasteiger partial charge in [0.1, 0.15) is 10.6 Å². The van der Waals surface area contributed by atoms with E-state index in [1.54, 1.807) is 11.3 Å². The van der Waals surface area contributed by atoms with Crippen LogP contribution in [-0.4, -0.2) is 35.1 Å². The first-order chi connectivity index (χ1) is 9.06. The van der Waals surface area contributed by atoms with Crippen molar-refractivity contribution in [2.75, 3.05) is 24.0 Å². The van der Waals surface area contributed by atoms with Gasteiger partial charge in [0, 0.05) is 23.7 Å². The third kappa shape index (κ3) is 3.15. The largest absolute Gasteiger partial charge is 0.355 e. The fraction of sp³-hybridized carbons (Fsp3) is 0.538. The number of thiophene rings is 1. The van der Waals surface area contributed by atoms with E-state index in [-0.39, 0.29) is 0 Å². The lowest BCUT2D eigenvalue weighted by Gasteiger charge is -2.28. The van der Waals surface area contributed by atoms with Gasteiger partial charge in [-0.3, -0.25) is 0 Å². The van der Waals surface area contributed by atoms with Crippen molar-refractivity contribution in [2.45, 2.75) is 26.3 Å². The van der Waals surface area contributed by atoms with Crippen LogP contribution in [0.1, 0.15) is 18.2 Å². The Bertz CT molecular complexity index is 570. The average molecular weight is 316 g/mol. The zero-order valence-corrected chi connectivity index (χ0v) is 14.0. The normalized spacial score (nSPS) is 12.9. The maximum Gasteiger partial charge on any atom is 0.225 e. The highest BCUT2D eigenvalue weighted by Gasteiger charge is 2.19. The predicted molar refractivity (Wildman–Crippen MR) is 88.0 cm³/mol. The predicted octanol–water partition coefficient (Wildman–Crippen LogP) is 4.23. The van der Waals surface area contributed by atoms with Gasteiger partial charge >= 0.3 is 0 Å². The smallest absolute Gasteiger partial charge is 0.225 e. The molecule has 2 rings (SSSR count). The molecule has 1 unspecified atom stereocenters. The second kappa shape index (κ2) is 6.29. The van der Waals surface area contributed by atoms with Crippen LogP contribution < -0.4 is 4.90 Å². The van der Waals surface area contributed by atoms with Crippen molar-refractivity contribution in [1.29, 1.82) is 0 Å². The third-order valence-electron chi connectivity index (χ3n) is 3.18. The molecule has 2 aromatic rings. The number of aromatic nitrogens is 2. The van der Waals surface area contributed by atoms with Crippen molar-refractivity contribution in [3.63, 3.8) is 0 Å². The highest BCUT2D eigenvalue weighted by molar-refractivity contribution is 7.98. The van der Waals surface area contributed by atoms with Crippen molar-refractivity contribution in [3.05, 3.63) is 16.2 Å². The molecule has 0 saturated carbocycles. The van der Waals surface area contributed by atoms with E-state index in [2.05, 4.69) is 48.1 Å². The van der Waals surface area contributed by atoms with E-state index in [9.17, 15) is 0 Å². The summed E-state index contributed by atoms with van der Waals surface area (Å²) in [7, 11) is 2.09. The van der Waals surface area contributed by atoms with Gasteiger partial charge in [0.05, 0.1) is 5.39 Å². The van der Waals surface area contributed by atoms with E-state index in [4.69, 9.17) is 11.6 Å². The van der Waals surface area contributed by atoms with Crippen LogP contribution in [0, 0.1) is 6.92 Å². The fourth-order valence-corrected chi connectivity index (χ4v) is 4.07. The Morgan fingerprint density at radius 3 is 2.84 bits per heavy atom. The van der Waals surface area contributed by atoms with Crippen LogP contribution in [-0.2, 0) is 0 Å². The van der Waals surface area contributed by atoms with Crippen molar-refractivity contribution < 1.29 is 0 Å². The molecule has 1 atom stereocenters. The Balaban J connectivity index is 2.47. The van der Waals surface area contributed by atoms with E-state index < -0.39 is 0 Å². The van der Waals surface area contributed by atoms with Gasteiger partial charge in [-0.15, -0.1) is 11.3 Å². The second-order valence-electron chi connectivity index (χ2n) is 4.52. The molecule has 6 heteroatoms. The molecule has 0 saturated heterocycles. The van der Waals surface area contributed by atoms with E-state index >= 15 is 0 Å². The van der Waals surface area contributed by atoms with E-state index in [1.807, 2.05) is 11.8 Å². The first kappa shape index (κ1) is 14.9. The lowest BCUT2D eigenvalue weighted by atomic mass is 10.2. The molecule has 19 heavy (non-hydrogen) atoms. The molecule has 0 aliphatic heterocycles. The van der Waals surface area contributed by atoms with Crippen molar-refractivity contribution >= 4 is 50.7 Å². The zero-order valence-electron chi connectivity index (χ0n) is 11.6. The zero-order chi connectivity index (χ0) is 14.0. The summed E-state index contributed by atoms with van der Waals surface area (Å²) in [5.74, 6) is 2.03. The van der Waals surface area contributed by atoms with Crippen molar-refractivity contribution in [1.82, 2.24) is 9.97 Å². The number of thioether (sulfide) groups is 1. The first-order valence-corrected chi connectivity index (χ1v) is 8.81. The first-order valence-electron chi connectivity index (χ1n) is 6.22. The van der Waals surface area contributed by atoms with Crippen molar-refractivity contribution in [2.24, 2.45) is 0 Å². The average Bonchev–Trinajstić information content (AvgIpc) is 2.74. The fourth-order valence-electron chi connectivity index (χ4n) is 2.14. The van der Waals surface area contributed by atoms with Gasteiger partial charge in [0.2, 0.25) is 5.28 Å². The minimum absolute atomic E-state index is 0.329. The third-order valence-corrected chi connectivity index (χ3v) is 5.01.